The second-order valence-electron chi connectivity index (χ2n) is 6.35. The molecule has 0 saturated carbocycles. The second kappa shape index (κ2) is 7.82. The van der Waals surface area contributed by atoms with E-state index in [2.05, 4.69) is 41.6 Å². The zero-order valence-electron chi connectivity index (χ0n) is 14.2. The molecule has 0 aliphatic carbocycles. The van der Waals surface area contributed by atoms with E-state index in [1.54, 1.807) is 0 Å². The van der Waals surface area contributed by atoms with Gasteiger partial charge in [0.1, 0.15) is 0 Å². The lowest BCUT2D eigenvalue weighted by atomic mass is 9.92. The first kappa shape index (κ1) is 18.0. The standard InChI is InChI=1S/C17H28N4O/c1-6-19-15(22)17(4,5)11-20-16(18)21-14-9-7-8-13(10-14)12(2)3/h7-10,12H,6,11H2,1-5H3,(H,19,22)(H3,18,20,21). The fourth-order valence-electron chi connectivity index (χ4n) is 1.92. The number of hydrogen-bond acceptors (Lipinski definition) is 2. The summed E-state index contributed by atoms with van der Waals surface area (Å²) in [5.74, 6) is 0.753. The number of carbonyl (C=O) groups excluding carboxylic acids is 1. The Balaban J connectivity index is 2.70. The molecule has 4 N–H and O–H groups in total. The smallest absolute Gasteiger partial charge is 0.227 e. The summed E-state index contributed by atoms with van der Waals surface area (Å²) in [6.45, 7) is 10.8. The molecule has 0 radical (unpaired) electrons. The molecule has 0 heterocycles. The fraction of sp³-hybridized carbons (Fsp3) is 0.529. The minimum atomic E-state index is -0.581. The number of aliphatic imine (C=N–C) groups is 1. The van der Waals surface area contributed by atoms with Gasteiger partial charge < -0.3 is 16.4 Å². The fourth-order valence-corrected chi connectivity index (χ4v) is 1.92. The molecule has 0 aliphatic heterocycles. The molecule has 0 saturated heterocycles. The summed E-state index contributed by atoms with van der Waals surface area (Å²) in [5.41, 5.74) is 7.48. The highest BCUT2D eigenvalue weighted by Gasteiger charge is 2.26. The van der Waals surface area contributed by atoms with Gasteiger partial charge in [0.05, 0.1) is 12.0 Å². The molecule has 1 aromatic rings. The quantitative estimate of drug-likeness (QED) is 0.558. The second-order valence-corrected chi connectivity index (χ2v) is 6.35. The summed E-state index contributed by atoms with van der Waals surface area (Å²) < 4.78 is 0. The predicted octanol–water partition coefficient (Wildman–Crippen LogP) is 2.70. The van der Waals surface area contributed by atoms with Gasteiger partial charge in [-0.3, -0.25) is 9.79 Å². The molecule has 0 atom stereocenters. The molecular weight excluding hydrogens is 276 g/mol. The molecule has 5 nitrogen and oxygen atoms in total. The van der Waals surface area contributed by atoms with Crippen molar-refractivity contribution >= 4 is 17.6 Å². The molecule has 22 heavy (non-hydrogen) atoms. The van der Waals surface area contributed by atoms with Crippen molar-refractivity contribution in [1.82, 2.24) is 5.32 Å². The van der Waals surface area contributed by atoms with E-state index in [0.717, 1.165) is 5.69 Å². The van der Waals surface area contributed by atoms with Crippen molar-refractivity contribution in [3.05, 3.63) is 29.8 Å². The normalized spacial score (nSPS) is 12.4. The van der Waals surface area contributed by atoms with Crippen LogP contribution in [0.2, 0.25) is 0 Å². The van der Waals surface area contributed by atoms with Crippen LogP contribution in [0.1, 0.15) is 46.1 Å². The largest absolute Gasteiger partial charge is 0.370 e. The zero-order chi connectivity index (χ0) is 16.8. The third-order valence-corrected chi connectivity index (χ3v) is 3.42. The van der Waals surface area contributed by atoms with Crippen molar-refractivity contribution in [2.75, 3.05) is 18.4 Å². The van der Waals surface area contributed by atoms with Crippen LogP contribution in [0, 0.1) is 5.41 Å². The van der Waals surface area contributed by atoms with Crippen molar-refractivity contribution in [3.8, 4) is 0 Å². The molecule has 122 valence electrons. The van der Waals surface area contributed by atoms with Crippen LogP contribution in [-0.2, 0) is 4.79 Å². The number of nitrogens with zero attached hydrogens (tertiary/aromatic N) is 1. The van der Waals surface area contributed by atoms with Crippen LogP contribution in [0.3, 0.4) is 0 Å². The number of anilines is 1. The van der Waals surface area contributed by atoms with Gasteiger partial charge in [0.2, 0.25) is 5.91 Å². The van der Waals surface area contributed by atoms with E-state index in [4.69, 9.17) is 5.73 Å². The third kappa shape index (κ3) is 5.39. The van der Waals surface area contributed by atoms with E-state index < -0.39 is 5.41 Å². The van der Waals surface area contributed by atoms with Crippen molar-refractivity contribution < 1.29 is 4.79 Å². The van der Waals surface area contributed by atoms with Crippen LogP contribution >= 0.6 is 0 Å². The summed E-state index contributed by atoms with van der Waals surface area (Å²) >= 11 is 0. The number of nitrogens with one attached hydrogen (secondary N) is 2. The average Bonchev–Trinajstić information content (AvgIpc) is 2.46. The number of hydrogen-bond donors (Lipinski definition) is 3. The van der Waals surface area contributed by atoms with Gasteiger partial charge in [-0.2, -0.15) is 0 Å². The number of nitrogens with two attached hydrogens (primary N) is 1. The van der Waals surface area contributed by atoms with Crippen LogP contribution in [0.5, 0.6) is 0 Å². The van der Waals surface area contributed by atoms with Gasteiger partial charge in [-0.15, -0.1) is 0 Å². The van der Waals surface area contributed by atoms with Crippen molar-refractivity contribution in [2.24, 2.45) is 16.1 Å². The maximum Gasteiger partial charge on any atom is 0.227 e. The van der Waals surface area contributed by atoms with E-state index in [1.807, 2.05) is 32.9 Å². The van der Waals surface area contributed by atoms with Gasteiger partial charge in [0.15, 0.2) is 5.96 Å². The lowest BCUT2D eigenvalue weighted by Crippen LogP contribution is -2.39. The number of benzene rings is 1. The van der Waals surface area contributed by atoms with E-state index in [1.165, 1.54) is 5.56 Å². The monoisotopic (exact) mass is 304 g/mol. The Morgan fingerprint density at radius 3 is 2.64 bits per heavy atom. The highest BCUT2D eigenvalue weighted by molar-refractivity contribution is 5.92. The SMILES string of the molecule is CCNC(=O)C(C)(C)CN=C(N)Nc1cccc(C(C)C)c1. The highest BCUT2D eigenvalue weighted by atomic mass is 16.2. The first-order valence-corrected chi connectivity index (χ1v) is 7.71. The lowest BCUT2D eigenvalue weighted by Gasteiger charge is -2.21. The molecule has 0 bridgehead atoms. The first-order chi connectivity index (χ1) is 10.3. The van der Waals surface area contributed by atoms with E-state index in [9.17, 15) is 4.79 Å². The minimum absolute atomic E-state index is 0.0200. The summed E-state index contributed by atoms with van der Waals surface area (Å²) in [6, 6.07) is 8.08. The average molecular weight is 304 g/mol. The molecule has 0 unspecified atom stereocenters. The molecular formula is C17H28N4O. The Morgan fingerprint density at radius 2 is 2.05 bits per heavy atom. The maximum absolute atomic E-state index is 11.9. The Morgan fingerprint density at radius 1 is 1.36 bits per heavy atom. The topological polar surface area (TPSA) is 79.5 Å². The molecule has 0 aliphatic rings. The van der Waals surface area contributed by atoms with Gasteiger partial charge in [-0.05, 0) is 44.4 Å². The zero-order valence-corrected chi connectivity index (χ0v) is 14.2. The van der Waals surface area contributed by atoms with Crippen molar-refractivity contribution in [3.63, 3.8) is 0 Å². The maximum atomic E-state index is 11.9. The third-order valence-electron chi connectivity index (χ3n) is 3.42. The van der Waals surface area contributed by atoms with Crippen LogP contribution in [0.25, 0.3) is 0 Å². The van der Waals surface area contributed by atoms with Gasteiger partial charge in [0.25, 0.3) is 0 Å². The molecule has 5 heteroatoms. The Kier molecular flexibility index (Phi) is 6.40. The predicted molar refractivity (Wildman–Crippen MR) is 93.1 cm³/mol. The van der Waals surface area contributed by atoms with Crippen molar-refractivity contribution in [2.45, 2.75) is 40.5 Å². The summed E-state index contributed by atoms with van der Waals surface area (Å²) in [7, 11) is 0. The molecule has 0 spiro atoms. The summed E-state index contributed by atoms with van der Waals surface area (Å²) in [5, 5.41) is 5.89. The first-order valence-electron chi connectivity index (χ1n) is 7.71. The van der Waals surface area contributed by atoms with Crippen LogP contribution in [-0.4, -0.2) is 25.0 Å². The van der Waals surface area contributed by atoms with Gasteiger partial charge >= 0.3 is 0 Å². The molecule has 0 aromatic heterocycles. The molecule has 1 amide bonds. The number of amides is 1. The van der Waals surface area contributed by atoms with Crippen LogP contribution in [0.15, 0.2) is 29.3 Å². The Bertz CT molecular complexity index is 535. The lowest BCUT2D eigenvalue weighted by molar-refractivity contribution is -0.128. The molecule has 0 fully saturated rings. The molecule has 1 aromatic carbocycles. The van der Waals surface area contributed by atoms with Gasteiger partial charge in [0, 0.05) is 12.2 Å². The Labute approximate surface area is 133 Å². The summed E-state index contributed by atoms with van der Waals surface area (Å²) in [4.78, 5) is 16.2. The minimum Gasteiger partial charge on any atom is -0.370 e. The number of guanidine groups is 1. The van der Waals surface area contributed by atoms with Gasteiger partial charge in [-0.1, -0.05) is 26.0 Å². The van der Waals surface area contributed by atoms with Crippen LogP contribution < -0.4 is 16.4 Å². The van der Waals surface area contributed by atoms with E-state index in [0.29, 0.717) is 25.0 Å². The van der Waals surface area contributed by atoms with E-state index >= 15 is 0 Å². The van der Waals surface area contributed by atoms with Gasteiger partial charge in [-0.25, -0.2) is 0 Å². The molecule has 1 rings (SSSR count). The summed E-state index contributed by atoms with van der Waals surface area (Å²) in [6.07, 6.45) is 0. The highest BCUT2D eigenvalue weighted by Crippen LogP contribution is 2.19. The van der Waals surface area contributed by atoms with Crippen LogP contribution in [0.4, 0.5) is 5.69 Å². The number of carbonyl (C=O) groups is 1. The Hall–Kier alpha value is -2.04. The van der Waals surface area contributed by atoms with Crippen molar-refractivity contribution in [1.29, 1.82) is 0 Å². The number of rotatable bonds is 6. The van der Waals surface area contributed by atoms with E-state index in [-0.39, 0.29) is 5.91 Å².